The van der Waals surface area contributed by atoms with Crippen molar-refractivity contribution in [2.45, 2.75) is 13.0 Å². The molecule has 3 aromatic carbocycles. The number of hydrogen-bond acceptors (Lipinski definition) is 2. The second-order valence-corrected chi connectivity index (χ2v) is 6.24. The van der Waals surface area contributed by atoms with Gasteiger partial charge < -0.3 is 4.74 Å². The first-order chi connectivity index (χ1) is 12.2. The van der Waals surface area contributed by atoms with E-state index in [2.05, 4.69) is 6.07 Å². The number of aryl methyl sites for hydroxylation is 1. The van der Waals surface area contributed by atoms with Gasteiger partial charge in [0.1, 0.15) is 5.75 Å². The molecule has 2 nitrogen and oxygen atoms in total. The Hall–Kier alpha value is -3.13. The quantitative estimate of drug-likeness (QED) is 0.620. The Labute approximate surface area is 147 Å². The molecule has 4 rings (SSSR count). The predicted molar refractivity (Wildman–Crippen MR) is 101 cm³/mol. The fraction of sp³-hybridized carbons (Fsp3) is 0.0870. The van der Waals surface area contributed by atoms with Crippen LogP contribution in [-0.4, -0.2) is 11.9 Å². The highest BCUT2D eigenvalue weighted by atomic mass is 16.5. The van der Waals surface area contributed by atoms with Crippen molar-refractivity contribution in [3.8, 4) is 5.75 Å². The zero-order valence-electron chi connectivity index (χ0n) is 14.0. The molecule has 1 aliphatic rings. The average Bonchev–Trinajstić information content (AvgIpc) is 3.00. The van der Waals surface area contributed by atoms with Crippen molar-refractivity contribution in [1.29, 1.82) is 0 Å². The minimum absolute atomic E-state index is 0.0170. The van der Waals surface area contributed by atoms with Crippen LogP contribution in [0.5, 0.6) is 5.75 Å². The molecular formula is C23H18O2. The molecule has 0 amide bonds. The zero-order valence-corrected chi connectivity index (χ0v) is 14.0. The van der Waals surface area contributed by atoms with E-state index in [-0.39, 0.29) is 5.78 Å². The van der Waals surface area contributed by atoms with Crippen LogP contribution in [0, 0.1) is 6.92 Å². The van der Waals surface area contributed by atoms with Crippen molar-refractivity contribution in [1.82, 2.24) is 0 Å². The highest BCUT2D eigenvalue weighted by molar-refractivity contribution is 6.11. The van der Waals surface area contributed by atoms with Crippen molar-refractivity contribution < 1.29 is 9.53 Å². The second-order valence-electron chi connectivity index (χ2n) is 6.24. The van der Waals surface area contributed by atoms with Gasteiger partial charge >= 0.3 is 0 Å². The molecule has 0 saturated heterocycles. The third-order valence-electron chi connectivity index (χ3n) is 4.39. The third kappa shape index (κ3) is 2.99. The summed E-state index contributed by atoms with van der Waals surface area (Å²) in [4.78, 5) is 13.0. The third-order valence-corrected chi connectivity index (χ3v) is 4.39. The normalized spacial score (nSPS) is 17.2. The number of hydrogen-bond donors (Lipinski definition) is 0. The van der Waals surface area contributed by atoms with E-state index < -0.39 is 6.10 Å². The molecule has 25 heavy (non-hydrogen) atoms. The fourth-order valence-electron chi connectivity index (χ4n) is 3.13. The van der Waals surface area contributed by atoms with E-state index in [0.29, 0.717) is 5.56 Å². The average molecular weight is 326 g/mol. The molecule has 0 N–H and O–H groups in total. The van der Waals surface area contributed by atoms with E-state index in [4.69, 9.17) is 4.74 Å². The van der Waals surface area contributed by atoms with Gasteiger partial charge in [0.15, 0.2) is 6.10 Å². The molecule has 1 aliphatic heterocycles. The molecule has 0 aromatic heterocycles. The van der Waals surface area contributed by atoms with Gasteiger partial charge in [-0.1, -0.05) is 72.8 Å². The van der Waals surface area contributed by atoms with Crippen molar-refractivity contribution >= 4 is 17.4 Å². The number of carbonyl (C=O) groups is 1. The van der Waals surface area contributed by atoms with Gasteiger partial charge in [-0.15, -0.1) is 0 Å². The Morgan fingerprint density at radius 1 is 0.920 bits per heavy atom. The van der Waals surface area contributed by atoms with Gasteiger partial charge in [0.25, 0.3) is 0 Å². The first-order valence-electron chi connectivity index (χ1n) is 8.36. The van der Waals surface area contributed by atoms with Crippen molar-refractivity contribution in [2.75, 3.05) is 0 Å². The maximum atomic E-state index is 13.0. The lowest BCUT2D eigenvalue weighted by Crippen LogP contribution is -2.24. The van der Waals surface area contributed by atoms with Crippen LogP contribution in [0.25, 0.3) is 11.6 Å². The Morgan fingerprint density at radius 2 is 1.60 bits per heavy atom. The number of Topliss-reactive ketones (excluding diaryl/α,β-unsaturated/α-hetero) is 1. The van der Waals surface area contributed by atoms with E-state index in [0.717, 1.165) is 28.0 Å². The monoisotopic (exact) mass is 326 g/mol. The molecule has 1 atom stereocenters. The zero-order chi connectivity index (χ0) is 17.2. The van der Waals surface area contributed by atoms with Crippen LogP contribution >= 0.6 is 0 Å². The summed E-state index contributed by atoms with van der Waals surface area (Å²) in [5, 5.41) is 0. The van der Waals surface area contributed by atoms with Crippen LogP contribution in [0.4, 0.5) is 0 Å². The van der Waals surface area contributed by atoms with Crippen LogP contribution in [0.15, 0.2) is 78.9 Å². The summed E-state index contributed by atoms with van der Waals surface area (Å²) in [5.41, 5.74) is 4.74. The van der Waals surface area contributed by atoms with Crippen molar-refractivity contribution in [3.05, 3.63) is 101 Å². The molecular weight excluding hydrogens is 308 g/mol. The summed E-state index contributed by atoms with van der Waals surface area (Å²) >= 11 is 0. The SMILES string of the molecule is Cc1ccc2c(c1)OC(C(=O)c1ccccc1)C2=Cc1ccccc1. The number of benzene rings is 3. The van der Waals surface area contributed by atoms with Crippen LogP contribution < -0.4 is 4.74 Å². The lowest BCUT2D eigenvalue weighted by atomic mass is 9.94. The summed E-state index contributed by atoms with van der Waals surface area (Å²) in [7, 11) is 0. The van der Waals surface area contributed by atoms with Gasteiger partial charge in [-0.3, -0.25) is 4.79 Å². The fourth-order valence-corrected chi connectivity index (χ4v) is 3.13. The predicted octanol–water partition coefficient (Wildman–Crippen LogP) is 5.18. The van der Waals surface area contributed by atoms with Crippen LogP contribution in [0.2, 0.25) is 0 Å². The standard InChI is InChI=1S/C23H18O2/c1-16-12-13-19-20(15-17-8-4-2-5-9-17)23(25-21(19)14-16)22(24)18-10-6-3-7-11-18/h2-15,23H,1H3. The molecule has 2 heteroatoms. The van der Waals surface area contributed by atoms with E-state index in [9.17, 15) is 4.79 Å². The van der Waals surface area contributed by atoms with Crippen LogP contribution in [0.1, 0.15) is 27.0 Å². The number of rotatable bonds is 3. The number of ketones is 1. The molecule has 0 fully saturated rings. The maximum absolute atomic E-state index is 13.0. The second kappa shape index (κ2) is 6.40. The maximum Gasteiger partial charge on any atom is 0.207 e. The highest BCUT2D eigenvalue weighted by Crippen LogP contribution is 2.40. The molecule has 0 saturated carbocycles. The van der Waals surface area contributed by atoms with Gasteiger partial charge in [0.05, 0.1) is 0 Å². The van der Waals surface area contributed by atoms with Crippen molar-refractivity contribution in [2.24, 2.45) is 0 Å². The Balaban J connectivity index is 1.81. The lowest BCUT2D eigenvalue weighted by Gasteiger charge is -2.12. The minimum atomic E-state index is -0.612. The lowest BCUT2D eigenvalue weighted by molar-refractivity contribution is 0.0875. The summed E-state index contributed by atoms with van der Waals surface area (Å²) in [5.74, 6) is 0.757. The first-order valence-corrected chi connectivity index (χ1v) is 8.36. The van der Waals surface area contributed by atoms with E-state index in [1.807, 2.05) is 85.8 Å². The summed E-state index contributed by atoms with van der Waals surface area (Å²) < 4.78 is 6.07. The van der Waals surface area contributed by atoms with E-state index in [1.54, 1.807) is 0 Å². The molecule has 0 spiro atoms. The summed E-state index contributed by atoms with van der Waals surface area (Å²) in [6.07, 6.45) is 1.44. The molecule has 0 radical (unpaired) electrons. The van der Waals surface area contributed by atoms with Crippen molar-refractivity contribution in [3.63, 3.8) is 0 Å². The first kappa shape index (κ1) is 15.4. The topological polar surface area (TPSA) is 26.3 Å². The van der Waals surface area contributed by atoms with Gasteiger partial charge in [0, 0.05) is 16.7 Å². The molecule has 3 aromatic rings. The van der Waals surface area contributed by atoms with E-state index in [1.165, 1.54) is 0 Å². The van der Waals surface area contributed by atoms with Crippen LogP contribution in [0.3, 0.4) is 0 Å². The van der Waals surface area contributed by atoms with Gasteiger partial charge in [-0.05, 0) is 30.2 Å². The molecule has 0 bridgehead atoms. The molecule has 1 unspecified atom stereocenters. The Morgan fingerprint density at radius 3 is 2.32 bits per heavy atom. The van der Waals surface area contributed by atoms with Gasteiger partial charge in [0.2, 0.25) is 5.78 Å². The molecule has 122 valence electrons. The highest BCUT2D eigenvalue weighted by Gasteiger charge is 2.34. The Kier molecular flexibility index (Phi) is 3.95. The number of carbonyl (C=O) groups excluding carboxylic acids is 1. The van der Waals surface area contributed by atoms with E-state index >= 15 is 0 Å². The van der Waals surface area contributed by atoms with Crippen LogP contribution in [-0.2, 0) is 0 Å². The number of ether oxygens (including phenoxy) is 1. The smallest absolute Gasteiger partial charge is 0.207 e. The molecule has 0 aliphatic carbocycles. The van der Waals surface area contributed by atoms with Gasteiger partial charge in [-0.25, -0.2) is 0 Å². The Bertz CT molecular complexity index is 940. The summed E-state index contributed by atoms with van der Waals surface area (Å²) in [6.45, 7) is 2.02. The molecule has 1 heterocycles. The summed E-state index contributed by atoms with van der Waals surface area (Å²) in [6, 6.07) is 25.4. The minimum Gasteiger partial charge on any atom is -0.477 e. The largest absolute Gasteiger partial charge is 0.477 e. The van der Waals surface area contributed by atoms with Gasteiger partial charge in [-0.2, -0.15) is 0 Å². The number of fused-ring (bicyclic) bond motifs is 1.